The van der Waals surface area contributed by atoms with Gasteiger partial charge in [-0.2, -0.15) is 47.9 Å². The van der Waals surface area contributed by atoms with Gasteiger partial charge in [0.25, 0.3) is 0 Å². The highest BCUT2D eigenvalue weighted by molar-refractivity contribution is 8.31. The van der Waals surface area contributed by atoms with E-state index in [4.69, 9.17) is 0 Å². The SMILES string of the molecule is CS(C)(Cc1c2ccccc2cc2ccccc12)OS(=O)(=O)C(F)(F)C(F)(F)C(F)(F)C(F)(F)F. The quantitative estimate of drug-likeness (QED) is 0.229. The average Bonchev–Trinajstić information content (AvgIpc) is 2.71. The summed E-state index contributed by atoms with van der Waals surface area (Å²) in [7, 11) is -10.3. The van der Waals surface area contributed by atoms with Gasteiger partial charge in [0.15, 0.2) is 0 Å². The zero-order valence-corrected chi connectivity index (χ0v) is 19.5. The van der Waals surface area contributed by atoms with Crippen LogP contribution in [-0.2, 0) is 19.5 Å². The number of fused-ring (bicyclic) bond motifs is 2. The maximum atomic E-state index is 14.2. The highest BCUT2D eigenvalue weighted by Crippen LogP contribution is 2.58. The minimum Gasteiger partial charge on any atom is -0.215 e. The van der Waals surface area contributed by atoms with E-state index < -0.39 is 49.5 Å². The van der Waals surface area contributed by atoms with Crippen LogP contribution in [0.15, 0.2) is 54.6 Å². The van der Waals surface area contributed by atoms with Crippen LogP contribution in [-0.4, -0.2) is 44.2 Å². The molecule has 0 aromatic heterocycles. The fourth-order valence-electron chi connectivity index (χ4n) is 3.44. The minimum atomic E-state index is -7.36. The Balaban J connectivity index is 2.05. The van der Waals surface area contributed by atoms with E-state index in [-0.39, 0.29) is 0 Å². The van der Waals surface area contributed by atoms with Crippen LogP contribution in [0.3, 0.4) is 0 Å². The van der Waals surface area contributed by atoms with Crippen LogP contribution in [0.25, 0.3) is 21.5 Å². The first-order valence-corrected chi connectivity index (χ1v) is 13.5. The average molecular weight is 552 g/mol. The summed E-state index contributed by atoms with van der Waals surface area (Å²) in [4.78, 5) is 0. The van der Waals surface area contributed by atoms with Crippen molar-refractivity contribution in [2.45, 2.75) is 29.0 Å². The maximum absolute atomic E-state index is 14.2. The Bertz CT molecular complexity index is 1310. The zero-order chi connectivity index (χ0) is 26.7. The van der Waals surface area contributed by atoms with Crippen molar-refractivity contribution in [1.29, 1.82) is 0 Å². The first kappa shape index (κ1) is 27.4. The largest absolute Gasteiger partial charge is 0.460 e. The second kappa shape index (κ2) is 8.44. The number of halogens is 9. The van der Waals surface area contributed by atoms with E-state index in [9.17, 15) is 47.9 Å². The van der Waals surface area contributed by atoms with Crippen molar-refractivity contribution in [2.75, 3.05) is 12.5 Å². The minimum absolute atomic E-state index is 0.393. The standard InChI is InChI=1S/C21H17F9O3S2/c1-34(2,33-35(31,32)21(29,30)19(24,25)18(22,23)20(26,27)28)12-17-15-9-5-3-7-13(15)11-14-8-4-6-10-16(14)17/h3-11H,12H2,1-2H3. The highest BCUT2D eigenvalue weighted by atomic mass is 32.3. The van der Waals surface area contributed by atoms with E-state index in [0.717, 1.165) is 12.5 Å². The molecule has 14 heteroatoms. The summed E-state index contributed by atoms with van der Waals surface area (Å²) < 4.78 is 148. The molecule has 194 valence electrons. The van der Waals surface area contributed by atoms with Gasteiger partial charge in [0, 0.05) is 5.75 Å². The molecule has 0 bridgehead atoms. The smallest absolute Gasteiger partial charge is 0.215 e. The molecule has 0 amide bonds. The maximum Gasteiger partial charge on any atom is 0.460 e. The summed E-state index contributed by atoms with van der Waals surface area (Å²) in [5.74, 6) is -15.1. The Kier molecular flexibility index (Phi) is 6.61. The van der Waals surface area contributed by atoms with Gasteiger partial charge in [0.05, 0.1) is 0 Å². The Morgan fingerprint density at radius 1 is 0.714 bits per heavy atom. The molecular formula is C21H17F9O3S2. The third-order valence-corrected chi connectivity index (χ3v) is 9.14. The fraction of sp³-hybridized carbons (Fsp3) is 0.333. The first-order valence-electron chi connectivity index (χ1n) is 9.51. The van der Waals surface area contributed by atoms with E-state index in [2.05, 4.69) is 3.63 Å². The summed E-state index contributed by atoms with van der Waals surface area (Å²) in [6.45, 7) is 0. The Morgan fingerprint density at radius 3 is 1.57 bits per heavy atom. The number of rotatable bonds is 7. The van der Waals surface area contributed by atoms with E-state index in [0.29, 0.717) is 27.1 Å². The van der Waals surface area contributed by atoms with E-state index in [1.807, 2.05) is 0 Å². The molecule has 3 nitrogen and oxygen atoms in total. The molecule has 0 aliphatic rings. The van der Waals surface area contributed by atoms with Gasteiger partial charge in [0.2, 0.25) is 0 Å². The molecule has 0 heterocycles. The summed E-state index contributed by atoms with van der Waals surface area (Å²) in [5, 5.41) is -4.46. The van der Waals surface area contributed by atoms with Crippen molar-refractivity contribution in [3.63, 3.8) is 0 Å². The van der Waals surface area contributed by atoms with Gasteiger partial charge in [-0.05, 0) is 45.7 Å². The van der Waals surface area contributed by atoms with Crippen molar-refractivity contribution in [3.05, 3.63) is 60.2 Å². The van der Waals surface area contributed by atoms with Crippen molar-refractivity contribution in [1.82, 2.24) is 0 Å². The molecule has 0 aliphatic heterocycles. The van der Waals surface area contributed by atoms with Crippen LogP contribution in [0, 0.1) is 0 Å². The van der Waals surface area contributed by atoms with E-state index >= 15 is 0 Å². The third kappa shape index (κ3) is 4.55. The van der Waals surface area contributed by atoms with Gasteiger partial charge in [-0.15, -0.1) is 10.3 Å². The van der Waals surface area contributed by atoms with Crippen molar-refractivity contribution >= 4 is 42.0 Å². The third-order valence-electron chi connectivity index (χ3n) is 5.08. The van der Waals surface area contributed by atoms with Gasteiger partial charge in [-0.25, -0.2) is 3.63 Å². The molecule has 0 fully saturated rings. The van der Waals surface area contributed by atoms with Crippen LogP contribution in [0.1, 0.15) is 5.56 Å². The van der Waals surface area contributed by atoms with Crippen LogP contribution in [0.5, 0.6) is 0 Å². The molecule has 0 atom stereocenters. The molecule has 0 saturated heterocycles. The summed E-state index contributed by atoms with van der Waals surface area (Å²) in [6, 6.07) is 15.1. The van der Waals surface area contributed by atoms with Gasteiger partial charge >= 0.3 is 33.4 Å². The Hall–Kier alpha value is -2.19. The molecule has 35 heavy (non-hydrogen) atoms. The second-order valence-corrected chi connectivity index (χ2v) is 13.2. The first-order chi connectivity index (χ1) is 15.8. The number of hydrogen-bond donors (Lipinski definition) is 0. The van der Waals surface area contributed by atoms with Gasteiger partial charge in [0.1, 0.15) is 0 Å². The molecule has 0 radical (unpaired) electrons. The summed E-state index contributed by atoms with van der Waals surface area (Å²) in [5.41, 5.74) is 0.393. The van der Waals surface area contributed by atoms with Crippen LogP contribution in [0.2, 0.25) is 0 Å². The van der Waals surface area contributed by atoms with Crippen LogP contribution < -0.4 is 0 Å². The summed E-state index contributed by atoms with van der Waals surface area (Å²) in [6.07, 6.45) is -5.19. The molecule has 0 saturated carbocycles. The van der Waals surface area contributed by atoms with E-state index in [1.165, 1.54) is 0 Å². The molecule has 0 unspecified atom stereocenters. The van der Waals surface area contributed by atoms with Crippen molar-refractivity contribution in [2.24, 2.45) is 0 Å². The van der Waals surface area contributed by atoms with Crippen LogP contribution >= 0.6 is 10.3 Å². The normalized spacial score (nSPS) is 15.1. The molecular weight excluding hydrogens is 535 g/mol. The van der Waals surface area contributed by atoms with Crippen LogP contribution in [0.4, 0.5) is 39.5 Å². The van der Waals surface area contributed by atoms with Gasteiger partial charge in [-0.3, -0.25) is 0 Å². The molecule has 3 aromatic carbocycles. The second-order valence-electron chi connectivity index (χ2n) is 8.06. The number of benzene rings is 3. The lowest BCUT2D eigenvalue weighted by atomic mass is 9.98. The van der Waals surface area contributed by atoms with Crippen molar-refractivity contribution < 1.29 is 51.6 Å². The monoisotopic (exact) mass is 552 g/mol. The van der Waals surface area contributed by atoms with Gasteiger partial charge in [-0.1, -0.05) is 48.5 Å². The lowest BCUT2D eigenvalue weighted by molar-refractivity contribution is -0.382. The number of hydrogen-bond acceptors (Lipinski definition) is 3. The predicted octanol–water partition coefficient (Wildman–Crippen LogP) is 7.24. The van der Waals surface area contributed by atoms with Crippen molar-refractivity contribution in [3.8, 4) is 0 Å². The lowest BCUT2D eigenvalue weighted by Crippen LogP contribution is -2.63. The zero-order valence-electron chi connectivity index (χ0n) is 17.8. The molecule has 0 N–H and O–H groups in total. The highest BCUT2D eigenvalue weighted by Gasteiger charge is 2.86. The van der Waals surface area contributed by atoms with E-state index in [1.54, 1.807) is 54.6 Å². The topological polar surface area (TPSA) is 43.4 Å². The molecule has 3 rings (SSSR count). The Morgan fingerprint density at radius 2 is 1.14 bits per heavy atom. The molecule has 0 aliphatic carbocycles. The molecule has 3 aromatic rings. The predicted molar refractivity (Wildman–Crippen MR) is 115 cm³/mol. The van der Waals surface area contributed by atoms with Gasteiger partial charge < -0.3 is 0 Å². The summed E-state index contributed by atoms with van der Waals surface area (Å²) >= 11 is 0. The number of alkyl halides is 9. The Labute approximate surface area is 195 Å². The lowest BCUT2D eigenvalue weighted by Gasteiger charge is -2.36. The molecule has 0 spiro atoms. The fourth-order valence-corrected chi connectivity index (χ4v) is 7.36.